The topological polar surface area (TPSA) is 92.9 Å². The zero-order valence-electron chi connectivity index (χ0n) is 12.3. The Morgan fingerprint density at radius 2 is 2.23 bits per heavy atom. The van der Waals surface area contributed by atoms with E-state index in [1.165, 1.54) is 10.8 Å². The highest BCUT2D eigenvalue weighted by molar-refractivity contribution is 5.96. The van der Waals surface area contributed by atoms with E-state index in [-0.39, 0.29) is 11.5 Å². The van der Waals surface area contributed by atoms with Crippen LogP contribution in [0.2, 0.25) is 0 Å². The molecule has 3 rings (SSSR count). The third-order valence-corrected chi connectivity index (χ3v) is 3.58. The Morgan fingerprint density at radius 1 is 1.41 bits per heavy atom. The molecule has 0 fully saturated rings. The normalized spacial score (nSPS) is 11.0. The summed E-state index contributed by atoms with van der Waals surface area (Å²) in [5.74, 6) is -0.198. The van der Waals surface area contributed by atoms with Gasteiger partial charge in [0, 0.05) is 30.4 Å². The van der Waals surface area contributed by atoms with Crippen LogP contribution >= 0.6 is 0 Å². The van der Waals surface area contributed by atoms with Crippen molar-refractivity contribution in [3.63, 3.8) is 0 Å². The Balaban J connectivity index is 1.69. The fourth-order valence-corrected chi connectivity index (χ4v) is 2.43. The van der Waals surface area contributed by atoms with Crippen molar-refractivity contribution in [1.82, 2.24) is 20.1 Å². The Kier molecular flexibility index (Phi) is 3.54. The number of aromatic amines is 1. The van der Waals surface area contributed by atoms with Gasteiger partial charge in [-0.1, -0.05) is 0 Å². The van der Waals surface area contributed by atoms with Crippen LogP contribution in [0.1, 0.15) is 21.7 Å². The van der Waals surface area contributed by atoms with Crippen molar-refractivity contribution in [3.8, 4) is 0 Å². The number of nitrogens with one attached hydrogen (secondary N) is 2. The van der Waals surface area contributed by atoms with E-state index in [1.54, 1.807) is 26.1 Å². The molecule has 0 aliphatic carbocycles. The number of rotatable bonds is 4. The molecule has 0 atom stereocenters. The molecule has 3 aromatic rings. The van der Waals surface area contributed by atoms with Crippen molar-refractivity contribution in [2.75, 3.05) is 6.54 Å². The molecule has 2 N–H and O–H groups in total. The standard InChI is InChI=1S/C15H16N4O3/c1-9-12(10(2)18-17-9)14(20)16-5-7-19-6-3-11-4-8-22-13(11)15(19)21/h3-4,6,8H,5,7H2,1-2H3,(H,16,20)(H,17,18). The number of carbonyl (C=O) groups is 1. The molecule has 0 saturated heterocycles. The van der Waals surface area contributed by atoms with Gasteiger partial charge in [0.25, 0.3) is 11.5 Å². The molecule has 0 aliphatic heterocycles. The molecule has 0 bridgehead atoms. The predicted octanol–water partition coefficient (Wildman–Crippen LogP) is 1.36. The van der Waals surface area contributed by atoms with Crippen molar-refractivity contribution >= 4 is 16.9 Å². The van der Waals surface area contributed by atoms with E-state index in [2.05, 4.69) is 15.5 Å². The monoisotopic (exact) mass is 300 g/mol. The van der Waals surface area contributed by atoms with Gasteiger partial charge in [-0.2, -0.15) is 5.10 Å². The third-order valence-electron chi connectivity index (χ3n) is 3.58. The number of hydrogen-bond acceptors (Lipinski definition) is 4. The summed E-state index contributed by atoms with van der Waals surface area (Å²) in [6, 6.07) is 3.56. The molecule has 3 heterocycles. The van der Waals surface area contributed by atoms with Gasteiger partial charge in [-0.15, -0.1) is 0 Å². The van der Waals surface area contributed by atoms with E-state index >= 15 is 0 Å². The summed E-state index contributed by atoms with van der Waals surface area (Å²) in [6.07, 6.45) is 3.18. The molecule has 0 aromatic carbocycles. The lowest BCUT2D eigenvalue weighted by Crippen LogP contribution is -2.31. The molecular weight excluding hydrogens is 284 g/mol. The van der Waals surface area contributed by atoms with E-state index in [1.807, 2.05) is 6.07 Å². The quantitative estimate of drug-likeness (QED) is 0.761. The van der Waals surface area contributed by atoms with Crippen LogP contribution in [0, 0.1) is 13.8 Å². The number of hydrogen-bond donors (Lipinski definition) is 2. The van der Waals surface area contributed by atoms with E-state index < -0.39 is 0 Å². The minimum atomic E-state index is -0.201. The van der Waals surface area contributed by atoms with Gasteiger partial charge >= 0.3 is 0 Å². The first kappa shape index (κ1) is 14.1. The number of aromatic nitrogens is 3. The number of pyridine rings is 1. The minimum Gasteiger partial charge on any atom is -0.459 e. The Hall–Kier alpha value is -2.83. The average molecular weight is 300 g/mol. The largest absolute Gasteiger partial charge is 0.459 e. The number of aryl methyl sites for hydroxylation is 2. The van der Waals surface area contributed by atoms with Crippen LogP contribution in [0.25, 0.3) is 11.0 Å². The van der Waals surface area contributed by atoms with Crippen molar-refractivity contribution in [2.45, 2.75) is 20.4 Å². The van der Waals surface area contributed by atoms with Gasteiger partial charge in [0.2, 0.25) is 0 Å². The summed E-state index contributed by atoms with van der Waals surface area (Å²) in [5.41, 5.74) is 2.06. The number of carbonyl (C=O) groups excluding carboxylic acids is 1. The Morgan fingerprint density at radius 3 is 2.95 bits per heavy atom. The second-order valence-corrected chi connectivity index (χ2v) is 5.08. The van der Waals surface area contributed by atoms with Gasteiger partial charge < -0.3 is 14.3 Å². The van der Waals surface area contributed by atoms with Gasteiger partial charge in [0.15, 0.2) is 5.58 Å². The summed E-state index contributed by atoms with van der Waals surface area (Å²) >= 11 is 0. The lowest BCUT2D eigenvalue weighted by molar-refractivity contribution is 0.0951. The first-order valence-corrected chi connectivity index (χ1v) is 6.94. The molecule has 0 unspecified atom stereocenters. The summed E-state index contributed by atoms with van der Waals surface area (Å²) in [4.78, 5) is 24.3. The van der Waals surface area contributed by atoms with E-state index in [9.17, 15) is 9.59 Å². The predicted molar refractivity (Wildman–Crippen MR) is 80.9 cm³/mol. The highest BCUT2D eigenvalue weighted by Crippen LogP contribution is 2.10. The van der Waals surface area contributed by atoms with E-state index in [0.717, 1.165) is 11.1 Å². The van der Waals surface area contributed by atoms with Crippen LogP contribution < -0.4 is 10.9 Å². The van der Waals surface area contributed by atoms with E-state index in [4.69, 9.17) is 4.42 Å². The van der Waals surface area contributed by atoms with Crippen molar-refractivity contribution in [1.29, 1.82) is 0 Å². The van der Waals surface area contributed by atoms with Gasteiger partial charge in [-0.3, -0.25) is 14.7 Å². The fourth-order valence-electron chi connectivity index (χ4n) is 2.43. The summed E-state index contributed by atoms with van der Waals surface area (Å²) in [7, 11) is 0. The molecular formula is C15H16N4O3. The first-order valence-electron chi connectivity index (χ1n) is 6.94. The molecule has 0 radical (unpaired) electrons. The number of nitrogens with zero attached hydrogens (tertiary/aromatic N) is 2. The zero-order valence-corrected chi connectivity index (χ0v) is 12.3. The SMILES string of the molecule is Cc1n[nH]c(C)c1C(=O)NCCn1ccc2ccoc2c1=O. The van der Waals surface area contributed by atoms with Gasteiger partial charge in [0.05, 0.1) is 17.5 Å². The maximum atomic E-state index is 12.1. The van der Waals surface area contributed by atoms with Crippen LogP contribution in [-0.4, -0.2) is 27.2 Å². The Labute approximate surface area is 125 Å². The number of furan rings is 1. The molecule has 0 saturated carbocycles. The van der Waals surface area contributed by atoms with Crippen LogP contribution in [-0.2, 0) is 6.54 Å². The second kappa shape index (κ2) is 5.51. The van der Waals surface area contributed by atoms with Crippen LogP contribution in [0.4, 0.5) is 0 Å². The molecule has 7 heteroatoms. The highest BCUT2D eigenvalue weighted by atomic mass is 16.3. The molecule has 7 nitrogen and oxygen atoms in total. The number of H-pyrrole nitrogens is 1. The van der Waals surface area contributed by atoms with Crippen molar-refractivity contribution < 1.29 is 9.21 Å². The number of fused-ring (bicyclic) bond motifs is 1. The maximum absolute atomic E-state index is 12.1. The Bertz CT molecular complexity index is 868. The number of amides is 1. The van der Waals surface area contributed by atoms with Crippen LogP contribution in [0.5, 0.6) is 0 Å². The molecule has 114 valence electrons. The van der Waals surface area contributed by atoms with E-state index in [0.29, 0.717) is 29.9 Å². The smallest absolute Gasteiger partial charge is 0.294 e. The van der Waals surface area contributed by atoms with Crippen molar-refractivity contribution in [3.05, 3.63) is 51.9 Å². The zero-order chi connectivity index (χ0) is 15.7. The molecule has 0 spiro atoms. The lowest BCUT2D eigenvalue weighted by Gasteiger charge is -2.07. The summed E-state index contributed by atoms with van der Waals surface area (Å²) < 4.78 is 6.69. The maximum Gasteiger partial charge on any atom is 0.294 e. The highest BCUT2D eigenvalue weighted by Gasteiger charge is 2.14. The molecule has 0 aliphatic rings. The summed E-state index contributed by atoms with van der Waals surface area (Å²) in [6.45, 7) is 4.28. The third kappa shape index (κ3) is 2.41. The first-order chi connectivity index (χ1) is 10.6. The second-order valence-electron chi connectivity index (χ2n) is 5.08. The van der Waals surface area contributed by atoms with Crippen LogP contribution in [0.3, 0.4) is 0 Å². The molecule has 3 aromatic heterocycles. The minimum absolute atomic E-state index is 0.198. The lowest BCUT2D eigenvalue weighted by atomic mass is 10.2. The van der Waals surface area contributed by atoms with Crippen LogP contribution in [0.15, 0.2) is 33.8 Å². The van der Waals surface area contributed by atoms with Gasteiger partial charge in [-0.25, -0.2) is 0 Å². The summed E-state index contributed by atoms with van der Waals surface area (Å²) in [5, 5.41) is 10.3. The average Bonchev–Trinajstić information content (AvgIpc) is 3.08. The van der Waals surface area contributed by atoms with Gasteiger partial charge in [-0.05, 0) is 26.0 Å². The molecule has 1 amide bonds. The van der Waals surface area contributed by atoms with Crippen molar-refractivity contribution in [2.24, 2.45) is 0 Å². The van der Waals surface area contributed by atoms with Gasteiger partial charge in [0.1, 0.15) is 0 Å². The fraction of sp³-hybridized carbons (Fsp3) is 0.267. The molecule has 22 heavy (non-hydrogen) atoms.